The van der Waals surface area contributed by atoms with E-state index in [0.717, 1.165) is 39.3 Å². The summed E-state index contributed by atoms with van der Waals surface area (Å²) in [6, 6.07) is 5.35. The lowest BCUT2D eigenvalue weighted by Gasteiger charge is -2.61. The number of aliphatic carboxylic acids is 1. The quantitative estimate of drug-likeness (QED) is 0.140. The van der Waals surface area contributed by atoms with E-state index in [4.69, 9.17) is 28.4 Å². The first kappa shape index (κ1) is 45.0. The summed E-state index contributed by atoms with van der Waals surface area (Å²) in [4.78, 5) is 97.6. The van der Waals surface area contributed by atoms with Gasteiger partial charge in [-0.25, -0.2) is 4.79 Å². The molecule has 3 saturated heterocycles. The number of carboxylic acid groups (broad SMARTS) is 1. The fraction of sp³-hybridized carbons (Fsp3) is 0.525. The van der Waals surface area contributed by atoms with E-state index in [-0.39, 0.29) is 11.8 Å². The number of benzene rings is 2. The average Bonchev–Trinajstić information content (AvgIpc) is 3.22. The van der Waals surface area contributed by atoms with E-state index in [0.29, 0.717) is 0 Å². The van der Waals surface area contributed by atoms with E-state index in [9.17, 15) is 60.0 Å². The number of aliphatic hydroxyl groups is 5. The Kier molecular flexibility index (Phi) is 11.4. The average molecular weight is 891 g/mol. The Balaban J connectivity index is 1.44. The number of Topliss-reactive ketones (excluding diaryl/α,β-unsaturated/α-hetero) is 4. The molecule has 5 aliphatic rings. The molecule has 13 atom stereocenters. The topological polar surface area (TPSA) is 337 Å². The summed E-state index contributed by atoms with van der Waals surface area (Å²) in [6.45, 7) is 2.36. The fourth-order valence-electron chi connectivity index (χ4n) is 9.30. The number of phenols is 2. The van der Waals surface area contributed by atoms with E-state index in [2.05, 4.69) is 0 Å². The molecule has 0 amide bonds. The lowest BCUT2D eigenvalue weighted by atomic mass is 9.63. The first-order chi connectivity index (χ1) is 29.1. The number of methoxy groups -OCH3 is 2. The van der Waals surface area contributed by atoms with Crippen LogP contribution >= 0.6 is 11.8 Å². The van der Waals surface area contributed by atoms with Crippen LogP contribution in [-0.4, -0.2) is 172 Å². The van der Waals surface area contributed by atoms with E-state index < -0.39 is 182 Å². The first-order valence-corrected chi connectivity index (χ1v) is 19.9. The van der Waals surface area contributed by atoms with Gasteiger partial charge in [0.1, 0.15) is 33.6 Å². The van der Waals surface area contributed by atoms with Gasteiger partial charge in [-0.15, -0.1) is 11.8 Å². The summed E-state index contributed by atoms with van der Waals surface area (Å²) in [5.41, 5.74) is -8.76. The largest absolute Gasteiger partial charge is 0.507 e. The number of hydrogen-bond acceptors (Lipinski definition) is 21. The number of aromatic hydroxyl groups is 2. The third-order valence-electron chi connectivity index (χ3n) is 12.4. The second kappa shape index (κ2) is 15.6. The van der Waals surface area contributed by atoms with Gasteiger partial charge in [0.2, 0.25) is 17.9 Å². The zero-order chi connectivity index (χ0) is 45.6. The molecule has 13 unspecified atom stereocenters. The van der Waals surface area contributed by atoms with Crippen LogP contribution in [0.5, 0.6) is 17.2 Å². The number of hydrogen-bond donors (Lipinski definition) is 8. The summed E-state index contributed by atoms with van der Waals surface area (Å²) in [5, 5.41) is 88.9. The molecule has 0 radical (unpaired) electrons. The van der Waals surface area contributed by atoms with E-state index in [1.165, 1.54) is 19.1 Å². The van der Waals surface area contributed by atoms with Crippen molar-refractivity contribution in [3.8, 4) is 17.2 Å². The van der Waals surface area contributed by atoms with Crippen LogP contribution in [0, 0.1) is 0 Å². The van der Waals surface area contributed by atoms with Crippen LogP contribution in [-0.2, 0) is 38.1 Å². The molecule has 334 valence electrons. The van der Waals surface area contributed by atoms with Gasteiger partial charge in [0.05, 0.1) is 62.6 Å². The van der Waals surface area contributed by atoms with Crippen molar-refractivity contribution in [3.05, 3.63) is 52.6 Å². The van der Waals surface area contributed by atoms with Crippen molar-refractivity contribution in [2.45, 2.75) is 115 Å². The number of thioether (sulfide) groups is 1. The maximum Gasteiger partial charge on any atom is 0.335 e. The molecule has 3 aliphatic heterocycles. The number of ketones is 4. The van der Waals surface area contributed by atoms with Crippen LogP contribution in [0.3, 0.4) is 0 Å². The fourth-order valence-corrected chi connectivity index (χ4v) is 11.7. The number of carboxylic acids is 1. The van der Waals surface area contributed by atoms with Crippen LogP contribution in [0.1, 0.15) is 81.0 Å². The lowest BCUT2D eigenvalue weighted by molar-refractivity contribution is -0.271. The summed E-state index contributed by atoms with van der Waals surface area (Å²) >= 11 is 0.226. The van der Waals surface area contributed by atoms with Gasteiger partial charge >= 0.3 is 17.9 Å². The molecule has 3 fully saturated rings. The maximum atomic E-state index is 15.5. The highest BCUT2D eigenvalue weighted by atomic mass is 32.2. The van der Waals surface area contributed by atoms with Crippen molar-refractivity contribution in [1.29, 1.82) is 0 Å². The van der Waals surface area contributed by atoms with Crippen molar-refractivity contribution in [3.63, 3.8) is 0 Å². The summed E-state index contributed by atoms with van der Waals surface area (Å²) in [7, 11) is 2.14. The van der Waals surface area contributed by atoms with Crippen molar-refractivity contribution < 1.29 is 103 Å². The van der Waals surface area contributed by atoms with Crippen LogP contribution in [0.15, 0.2) is 30.3 Å². The summed E-state index contributed by atoms with van der Waals surface area (Å²) in [6.07, 6.45) is -19.5. The summed E-state index contributed by atoms with van der Waals surface area (Å²) in [5.74, 6) is -11.0. The molecular weight excluding hydrogens is 848 g/mol. The van der Waals surface area contributed by atoms with Crippen LogP contribution in [0.4, 0.5) is 0 Å². The second-order valence-electron chi connectivity index (χ2n) is 15.8. The zero-order valence-electron chi connectivity index (χ0n) is 33.2. The molecule has 0 bridgehead atoms. The molecular formula is C40H42O21S. The van der Waals surface area contributed by atoms with Crippen molar-refractivity contribution in [2.75, 3.05) is 14.2 Å². The summed E-state index contributed by atoms with van der Waals surface area (Å²) < 4.78 is 26.9. The van der Waals surface area contributed by atoms with E-state index >= 15 is 14.4 Å². The molecule has 62 heavy (non-hydrogen) atoms. The second-order valence-corrected chi connectivity index (χ2v) is 17.4. The molecule has 0 spiro atoms. The Labute approximate surface area is 354 Å². The minimum absolute atomic E-state index is 0.226. The van der Waals surface area contributed by atoms with Gasteiger partial charge in [-0.2, -0.15) is 0 Å². The van der Waals surface area contributed by atoms with Gasteiger partial charge in [0.25, 0.3) is 0 Å². The number of carbonyl (C=O) groups excluding carboxylic acids is 6. The number of carbonyl (C=O) groups is 7. The molecule has 3 heterocycles. The molecule has 2 aromatic rings. The molecule has 2 aromatic carbocycles. The van der Waals surface area contributed by atoms with Crippen molar-refractivity contribution >= 4 is 52.8 Å². The SMILES string of the molecule is COC(=O)CC1CC2(SC34CC(CC(=O)OC)OC(C)C3(O)C(=O)c3c(ccc(OC5OC(C(=O)O)C(O)C(O)C5O)c3O)C4=O)C(=O)c3cccc(O)c3C(=O)C2(O)C(C)O1. The van der Waals surface area contributed by atoms with Gasteiger partial charge in [-0.3, -0.25) is 28.8 Å². The highest BCUT2D eigenvalue weighted by Crippen LogP contribution is 2.64. The van der Waals surface area contributed by atoms with Crippen molar-refractivity contribution in [1.82, 2.24) is 0 Å². The Morgan fingerprint density at radius 3 is 1.71 bits per heavy atom. The van der Waals surface area contributed by atoms with E-state index in [1.807, 2.05) is 0 Å². The Bertz CT molecular complexity index is 2280. The smallest absolute Gasteiger partial charge is 0.335 e. The third-order valence-corrected chi connectivity index (χ3v) is 14.5. The normalized spacial score (nSPS) is 37.6. The number of ether oxygens (including phenoxy) is 6. The first-order valence-electron chi connectivity index (χ1n) is 19.1. The predicted molar refractivity (Wildman–Crippen MR) is 203 cm³/mol. The molecule has 0 aromatic heterocycles. The highest BCUT2D eigenvalue weighted by Gasteiger charge is 2.78. The number of phenolic OH excluding ortho intramolecular Hbond substituents is 2. The Hall–Kier alpha value is -5.04. The van der Waals surface area contributed by atoms with Crippen molar-refractivity contribution in [2.24, 2.45) is 0 Å². The zero-order valence-corrected chi connectivity index (χ0v) is 34.0. The monoisotopic (exact) mass is 890 g/mol. The van der Waals surface area contributed by atoms with Crippen LogP contribution in [0.2, 0.25) is 0 Å². The van der Waals surface area contributed by atoms with Gasteiger partial charge < -0.3 is 69.3 Å². The van der Waals surface area contributed by atoms with Gasteiger partial charge in [-0.1, -0.05) is 12.1 Å². The molecule has 2 aliphatic carbocycles. The number of esters is 2. The third kappa shape index (κ3) is 6.25. The van der Waals surface area contributed by atoms with E-state index in [1.54, 1.807) is 0 Å². The Morgan fingerprint density at radius 2 is 1.21 bits per heavy atom. The molecule has 22 heteroatoms. The maximum absolute atomic E-state index is 15.5. The lowest BCUT2D eigenvalue weighted by Crippen LogP contribution is -2.79. The molecule has 7 rings (SSSR count). The standard InChI is InChI=1S/C40H42O21S/c1-14-39(54)33(50)24-18(6-5-7-20(24)41)31(48)37(39,12-16(58-14)10-22(42)56-3)62-38-13-17(11-23(43)57-4)59-15(2)40(38,55)34(51)25-19(32(38)49)8-9-21(26(25)44)60-36-29(47)27(45)28(46)30(61-36)35(52)53/h5-9,14-17,27-30,36,41,44-47,54-55H,10-13H2,1-4H3,(H,52,53). The Morgan fingerprint density at radius 1 is 0.710 bits per heavy atom. The van der Waals surface area contributed by atoms with Gasteiger partial charge in [0.15, 0.2) is 40.4 Å². The number of aliphatic hydroxyl groups excluding tert-OH is 3. The minimum Gasteiger partial charge on any atom is -0.507 e. The molecule has 21 nitrogen and oxygen atoms in total. The predicted octanol–water partition coefficient (Wildman–Crippen LogP) is -1.02. The van der Waals surface area contributed by atoms with Gasteiger partial charge in [-0.05, 0) is 44.9 Å². The number of fused-ring (bicyclic) bond motifs is 4. The molecule has 8 N–H and O–H groups in total. The highest BCUT2D eigenvalue weighted by molar-refractivity contribution is 8.03. The van der Waals surface area contributed by atoms with Crippen LogP contribution < -0.4 is 4.74 Å². The van der Waals surface area contributed by atoms with Crippen LogP contribution in [0.25, 0.3) is 0 Å². The van der Waals surface area contributed by atoms with Gasteiger partial charge in [0, 0.05) is 11.1 Å². The number of rotatable bonds is 9. The minimum atomic E-state index is -3.18. The molecule has 0 saturated carbocycles.